The summed E-state index contributed by atoms with van der Waals surface area (Å²) in [6.07, 6.45) is 0.748. The zero-order valence-electron chi connectivity index (χ0n) is 12.8. The maximum absolute atomic E-state index is 13.8. The van der Waals surface area contributed by atoms with Crippen molar-refractivity contribution in [3.05, 3.63) is 65.0 Å². The topological polar surface area (TPSA) is 21.3 Å². The molecule has 0 heterocycles. The largest absolute Gasteiger partial charge is 0.494 e. The Morgan fingerprint density at radius 2 is 2.00 bits per heavy atom. The maximum atomic E-state index is 13.8. The van der Waals surface area contributed by atoms with Gasteiger partial charge < -0.3 is 10.1 Å². The molecule has 0 fully saturated rings. The monoisotopic (exact) mass is 287 g/mol. The number of hydrogen-bond donors (Lipinski definition) is 1. The molecule has 1 N–H and O–H groups in total. The average Bonchev–Trinajstić information content (AvgIpc) is 2.47. The maximum Gasteiger partial charge on any atom is 0.165 e. The minimum absolute atomic E-state index is 0.183. The van der Waals surface area contributed by atoms with Crippen molar-refractivity contribution >= 4 is 0 Å². The van der Waals surface area contributed by atoms with Crippen molar-refractivity contribution < 1.29 is 9.13 Å². The van der Waals surface area contributed by atoms with Crippen LogP contribution in [0.4, 0.5) is 4.39 Å². The SMILES string of the molecule is CCNC(Cc1ccc(OC)c(F)c1)c1cccc(C)c1. The van der Waals surface area contributed by atoms with Gasteiger partial charge in [-0.3, -0.25) is 0 Å². The molecule has 0 aliphatic heterocycles. The third kappa shape index (κ3) is 4.05. The molecule has 1 atom stereocenters. The quantitative estimate of drug-likeness (QED) is 0.866. The second kappa shape index (κ2) is 7.23. The Hall–Kier alpha value is -1.87. The average molecular weight is 287 g/mol. The van der Waals surface area contributed by atoms with Crippen molar-refractivity contribution in [2.45, 2.75) is 26.3 Å². The van der Waals surface area contributed by atoms with E-state index in [0.717, 1.165) is 18.5 Å². The van der Waals surface area contributed by atoms with E-state index in [9.17, 15) is 4.39 Å². The van der Waals surface area contributed by atoms with Crippen molar-refractivity contribution in [3.8, 4) is 5.75 Å². The Morgan fingerprint density at radius 1 is 1.19 bits per heavy atom. The number of rotatable bonds is 6. The molecule has 3 heteroatoms. The highest BCUT2D eigenvalue weighted by Gasteiger charge is 2.13. The summed E-state index contributed by atoms with van der Waals surface area (Å²) in [4.78, 5) is 0. The Bertz CT molecular complexity index is 598. The third-order valence-electron chi connectivity index (χ3n) is 3.55. The highest BCUT2D eigenvalue weighted by atomic mass is 19.1. The van der Waals surface area contributed by atoms with Gasteiger partial charge in [0.1, 0.15) is 0 Å². The molecular formula is C18H22FNO. The summed E-state index contributed by atoms with van der Waals surface area (Å²) in [5, 5.41) is 3.47. The second-order valence-corrected chi connectivity index (χ2v) is 5.20. The molecule has 1 unspecified atom stereocenters. The summed E-state index contributed by atoms with van der Waals surface area (Å²) in [5.41, 5.74) is 3.42. The zero-order chi connectivity index (χ0) is 15.2. The fourth-order valence-electron chi connectivity index (χ4n) is 2.51. The fourth-order valence-corrected chi connectivity index (χ4v) is 2.51. The summed E-state index contributed by atoms with van der Waals surface area (Å²) < 4.78 is 18.8. The van der Waals surface area contributed by atoms with Gasteiger partial charge in [0.05, 0.1) is 7.11 Å². The summed E-state index contributed by atoms with van der Waals surface area (Å²) in [6, 6.07) is 13.8. The van der Waals surface area contributed by atoms with Gasteiger partial charge in [-0.2, -0.15) is 0 Å². The van der Waals surface area contributed by atoms with Crippen molar-refractivity contribution in [1.82, 2.24) is 5.32 Å². The van der Waals surface area contributed by atoms with E-state index in [1.807, 2.05) is 6.07 Å². The first-order valence-electron chi connectivity index (χ1n) is 7.26. The lowest BCUT2D eigenvalue weighted by atomic mass is 9.97. The number of hydrogen-bond acceptors (Lipinski definition) is 2. The van der Waals surface area contributed by atoms with E-state index in [4.69, 9.17) is 4.74 Å². The molecule has 0 amide bonds. The van der Waals surface area contributed by atoms with E-state index in [0.29, 0.717) is 0 Å². The molecule has 0 radical (unpaired) electrons. The smallest absolute Gasteiger partial charge is 0.165 e. The number of nitrogens with one attached hydrogen (secondary N) is 1. The Morgan fingerprint density at radius 3 is 2.62 bits per heavy atom. The van der Waals surface area contributed by atoms with Crippen LogP contribution in [0.15, 0.2) is 42.5 Å². The number of benzene rings is 2. The van der Waals surface area contributed by atoms with Crippen LogP contribution >= 0.6 is 0 Å². The fraction of sp³-hybridized carbons (Fsp3) is 0.333. The third-order valence-corrected chi connectivity index (χ3v) is 3.55. The van der Waals surface area contributed by atoms with Gasteiger partial charge in [0.2, 0.25) is 0 Å². The van der Waals surface area contributed by atoms with Crippen LogP contribution in [0.1, 0.15) is 29.7 Å². The van der Waals surface area contributed by atoms with Crippen LogP contribution in [0.3, 0.4) is 0 Å². The number of ether oxygens (including phenoxy) is 1. The van der Waals surface area contributed by atoms with Crippen molar-refractivity contribution in [1.29, 1.82) is 0 Å². The highest BCUT2D eigenvalue weighted by Crippen LogP contribution is 2.23. The predicted octanol–water partition coefficient (Wildman–Crippen LogP) is 4.04. The van der Waals surface area contributed by atoms with Crippen molar-refractivity contribution in [2.24, 2.45) is 0 Å². The predicted molar refractivity (Wildman–Crippen MR) is 84.3 cm³/mol. The van der Waals surface area contributed by atoms with Gasteiger partial charge >= 0.3 is 0 Å². The molecule has 2 aromatic carbocycles. The second-order valence-electron chi connectivity index (χ2n) is 5.20. The summed E-state index contributed by atoms with van der Waals surface area (Å²) in [5.74, 6) is -0.0243. The van der Waals surface area contributed by atoms with E-state index >= 15 is 0 Å². The van der Waals surface area contributed by atoms with E-state index in [1.54, 1.807) is 12.1 Å². The molecule has 0 saturated heterocycles. The van der Waals surface area contributed by atoms with Crippen LogP contribution in [0.2, 0.25) is 0 Å². The molecule has 0 spiro atoms. The Balaban J connectivity index is 2.22. The zero-order valence-corrected chi connectivity index (χ0v) is 12.8. The van der Waals surface area contributed by atoms with Gasteiger partial charge in [-0.05, 0) is 43.1 Å². The first-order chi connectivity index (χ1) is 10.1. The lowest BCUT2D eigenvalue weighted by Gasteiger charge is -2.19. The number of halogens is 1. The summed E-state index contributed by atoms with van der Waals surface area (Å²) in [7, 11) is 1.48. The molecule has 21 heavy (non-hydrogen) atoms. The molecule has 0 aliphatic rings. The molecular weight excluding hydrogens is 265 g/mol. The number of methoxy groups -OCH3 is 1. The van der Waals surface area contributed by atoms with Gasteiger partial charge in [0.25, 0.3) is 0 Å². The molecule has 0 aromatic heterocycles. The standard InChI is InChI=1S/C18H22FNO/c1-4-20-17(15-7-5-6-13(2)10-15)12-14-8-9-18(21-3)16(19)11-14/h5-11,17,20H,4,12H2,1-3H3. The lowest BCUT2D eigenvalue weighted by molar-refractivity contribution is 0.386. The molecule has 2 nitrogen and oxygen atoms in total. The Kier molecular flexibility index (Phi) is 5.34. The van der Waals surface area contributed by atoms with Gasteiger partial charge in [-0.1, -0.05) is 42.8 Å². The molecule has 2 aromatic rings. The highest BCUT2D eigenvalue weighted by molar-refractivity contribution is 5.32. The van der Waals surface area contributed by atoms with E-state index in [1.165, 1.54) is 18.2 Å². The van der Waals surface area contributed by atoms with Crippen LogP contribution in [0.5, 0.6) is 5.75 Å². The van der Waals surface area contributed by atoms with Gasteiger partial charge in [0, 0.05) is 6.04 Å². The molecule has 0 bridgehead atoms. The summed E-state index contributed by atoms with van der Waals surface area (Å²) in [6.45, 7) is 5.04. The van der Waals surface area contributed by atoms with E-state index < -0.39 is 0 Å². The lowest BCUT2D eigenvalue weighted by Crippen LogP contribution is -2.23. The van der Waals surface area contributed by atoms with Crippen LogP contribution in [-0.2, 0) is 6.42 Å². The van der Waals surface area contributed by atoms with E-state index in [-0.39, 0.29) is 17.6 Å². The van der Waals surface area contributed by atoms with Crippen LogP contribution in [-0.4, -0.2) is 13.7 Å². The Labute approximate surface area is 126 Å². The minimum Gasteiger partial charge on any atom is -0.494 e. The van der Waals surface area contributed by atoms with Gasteiger partial charge in [-0.15, -0.1) is 0 Å². The molecule has 0 aliphatic carbocycles. The van der Waals surface area contributed by atoms with Crippen molar-refractivity contribution in [3.63, 3.8) is 0 Å². The van der Waals surface area contributed by atoms with Crippen molar-refractivity contribution in [2.75, 3.05) is 13.7 Å². The summed E-state index contributed by atoms with van der Waals surface area (Å²) >= 11 is 0. The number of likely N-dealkylation sites (N-methyl/N-ethyl adjacent to an activating group) is 1. The van der Waals surface area contributed by atoms with Crippen LogP contribution in [0, 0.1) is 12.7 Å². The minimum atomic E-state index is -0.311. The first kappa shape index (κ1) is 15.5. The normalized spacial score (nSPS) is 12.2. The molecule has 112 valence electrons. The molecule has 2 rings (SSSR count). The first-order valence-corrected chi connectivity index (χ1v) is 7.26. The van der Waals surface area contributed by atoms with Crippen LogP contribution in [0.25, 0.3) is 0 Å². The van der Waals surface area contributed by atoms with Crippen LogP contribution < -0.4 is 10.1 Å². The number of aryl methyl sites for hydroxylation is 1. The van der Waals surface area contributed by atoms with E-state index in [2.05, 4.69) is 43.4 Å². The molecule has 0 saturated carbocycles. The van der Waals surface area contributed by atoms with Gasteiger partial charge in [0.15, 0.2) is 11.6 Å². The van der Waals surface area contributed by atoms with Gasteiger partial charge in [-0.25, -0.2) is 4.39 Å².